The van der Waals surface area contributed by atoms with Gasteiger partial charge in [-0.05, 0) is 0 Å². The number of esters is 1. The lowest BCUT2D eigenvalue weighted by atomic mass is 9.89. The van der Waals surface area contributed by atoms with E-state index in [1.165, 1.54) is 17.1 Å². The van der Waals surface area contributed by atoms with E-state index in [-0.39, 0.29) is 23.0 Å². The quantitative estimate of drug-likeness (QED) is 0.147. The van der Waals surface area contributed by atoms with Gasteiger partial charge < -0.3 is 26.1 Å². The second kappa shape index (κ2) is 6.34. The number of carboxylic acid groups (broad SMARTS) is 1. The number of carbonyl (C=O) groups is 4. The number of anilines is 1. The molecule has 0 saturated carbocycles. The van der Waals surface area contributed by atoms with Gasteiger partial charge in [0.2, 0.25) is 0 Å². The molecular weight excluding hydrogens is 414 g/mol. The molecule has 12 nitrogen and oxygen atoms in total. The van der Waals surface area contributed by atoms with Gasteiger partial charge in [-0.25, -0.2) is 9.78 Å². The Labute approximate surface area is 164 Å². The highest BCUT2D eigenvalue weighted by molar-refractivity contribution is 8.00. The summed E-state index contributed by atoms with van der Waals surface area (Å²) in [5.74, 6) is -4.11. The smallest absolute Gasteiger partial charge is 0.370 e. The van der Waals surface area contributed by atoms with Crippen LogP contribution in [0.4, 0.5) is 5.13 Å². The molecule has 2 amide bonds. The maximum absolute atomic E-state index is 12.6. The van der Waals surface area contributed by atoms with Crippen molar-refractivity contribution in [3.05, 3.63) is 11.1 Å². The third-order valence-electron chi connectivity index (χ3n) is 4.78. The number of thiazole rings is 1. The minimum Gasteiger partial charge on any atom is -0.477 e. The molecule has 148 valence electrons. The number of fused-ring (bicyclic) bond motifs is 3. The number of ether oxygens (including phenoxy) is 1. The molecule has 14 heteroatoms. The molecule has 0 unspecified atom stereocenters. The van der Waals surface area contributed by atoms with E-state index >= 15 is 0 Å². The molecule has 0 radical (unpaired) electrons. The number of hydrogen-bond acceptors (Lipinski definition) is 11. The summed E-state index contributed by atoms with van der Waals surface area (Å²) in [6, 6.07) is -1.07. The largest absolute Gasteiger partial charge is 0.477 e. The van der Waals surface area contributed by atoms with Crippen LogP contribution in [0.3, 0.4) is 0 Å². The van der Waals surface area contributed by atoms with Crippen LogP contribution in [0.15, 0.2) is 10.5 Å². The SMILES string of the molecule is Nc1nc(/C(=N/O)C(=O)N[C@@H]2C(=O)N3[C@@H]2SC[C@@H]2CC(=O)O[C@@]23C(=O)O)cs1. The topological polar surface area (TPSA) is 185 Å². The van der Waals surface area contributed by atoms with Crippen molar-refractivity contribution in [2.45, 2.75) is 23.6 Å². The molecule has 0 spiro atoms. The first kappa shape index (κ1) is 18.5. The van der Waals surface area contributed by atoms with Crippen molar-refractivity contribution < 1.29 is 34.2 Å². The molecule has 4 rings (SSSR count). The number of hydrogen-bond donors (Lipinski definition) is 4. The van der Waals surface area contributed by atoms with Gasteiger partial charge in [-0.3, -0.25) is 19.3 Å². The van der Waals surface area contributed by atoms with E-state index in [1.54, 1.807) is 0 Å². The molecule has 0 aliphatic carbocycles. The molecule has 3 aliphatic rings. The number of nitrogen functional groups attached to an aromatic ring is 1. The van der Waals surface area contributed by atoms with Gasteiger partial charge in [-0.1, -0.05) is 5.16 Å². The summed E-state index contributed by atoms with van der Waals surface area (Å²) in [6.45, 7) is 0. The number of β-lactam (4-membered cyclic amide) rings is 1. The van der Waals surface area contributed by atoms with E-state index < -0.39 is 52.5 Å². The van der Waals surface area contributed by atoms with Crippen molar-refractivity contribution in [1.82, 2.24) is 15.2 Å². The van der Waals surface area contributed by atoms with E-state index in [1.807, 2.05) is 0 Å². The Morgan fingerprint density at radius 3 is 2.82 bits per heavy atom. The average molecular weight is 427 g/mol. The van der Waals surface area contributed by atoms with Gasteiger partial charge in [0.25, 0.3) is 17.5 Å². The van der Waals surface area contributed by atoms with Crippen LogP contribution < -0.4 is 11.1 Å². The van der Waals surface area contributed by atoms with Crippen LogP contribution in [0.5, 0.6) is 0 Å². The van der Waals surface area contributed by atoms with Gasteiger partial charge >= 0.3 is 11.9 Å². The minimum absolute atomic E-state index is 0.0363. The van der Waals surface area contributed by atoms with Crippen LogP contribution in [0.25, 0.3) is 0 Å². The number of aliphatic carboxylic acids is 1. The molecule has 3 saturated heterocycles. The lowest BCUT2D eigenvalue weighted by Gasteiger charge is -2.56. The Morgan fingerprint density at radius 2 is 2.21 bits per heavy atom. The van der Waals surface area contributed by atoms with Crippen LogP contribution in [-0.4, -0.2) is 72.6 Å². The fourth-order valence-electron chi connectivity index (χ4n) is 3.53. The van der Waals surface area contributed by atoms with Crippen molar-refractivity contribution in [2.24, 2.45) is 11.1 Å². The maximum Gasteiger partial charge on any atom is 0.370 e. The molecule has 4 atom stereocenters. The number of rotatable bonds is 4. The monoisotopic (exact) mass is 427 g/mol. The number of nitrogens with two attached hydrogens (primary N) is 1. The number of oxime groups is 1. The zero-order valence-electron chi connectivity index (χ0n) is 13.9. The van der Waals surface area contributed by atoms with Crippen LogP contribution in [-0.2, 0) is 23.9 Å². The van der Waals surface area contributed by atoms with E-state index in [9.17, 15) is 24.3 Å². The van der Waals surface area contributed by atoms with Crippen LogP contribution in [0, 0.1) is 5.92 Å². The van der Waals surface area contributed by atoms with Crippen molar-refractivity contribution >= 4 is 57.7 Å². The van der Waals surface area contributed by atoms with Crippen molar-refractivity contribution in [1.29, 1.82) is 0 Å². The summed E-state index contributed by atoms with van der Waals surface area (Å²) in [4.78, 5) is 53.5. The van der Waals surface area contributed by atoms with E-state index in [0.29, 0.717) is 0 Å². The minimum atomic E-state index is -2.05. The summed E-state index contributed by atoms with van der Waals surface area (Å²) < 4.78 is 5.07. The molecule has 1 aromatic heterocycles. The molecule has 0 aromatic carbocycles. The molecule has 3 aliphatic heterocycles. The average Bonchev–Trinajstić information content (AvgIpc) is 3.21. The molecule has 28 heavy (non-hydrogen) atoms. The molecular formula is C14H13N5O7S2. The molecule has 5 N–H and O–H groups in total. The third kappa shape index (κ3) is 2.44. The zero-order chi connectivity index (χ0) is 20.2. The van der Waals surface area contributed by atoms with E-state index in [2.05, 4.69) is 15.5 Å². The Balaban J connectivity index is 1.55. The lowest BCUT2D eigenvalue weighted by molar-refractivity contribution is -0.215. The molecule has 1 aromatic rings. The predicted octanol–water partition coefficient (Wildman–Crippen LogP) is -1.35. The van der Waals surface area contributed by atoms with Crippen LogP contribution >= 0.6 is 23.1 Å². The number of nitrogens with one attached hydrogen (secondary N) is 1. The first-order valence-electron chi connectivity index (χ1n) is 7.94. The summed E-state index contributed by atoms with van der Waals surface area (Å²) in [7, 11) is 0. The van der Waals surface area contributed by atoms with Gasteiger partial charge in [-0.2, -0.15) is 0 Å². The van der Waals surface area contributed by atoms with E-state index in [4.69, 9.17) is 15.7 Å². The Bertz CT molecular complexity index is 933. The molecule has 4 heterocycles. The third-order valence-corrected chi connectivity index (χ3v) is 6.87. The van der Waals surface area contributed by atoms with Gasteiger partial charge in [0.15, 0.2) is 10.8 Å². The van der Waals surface area contributed by atoms with Crippen molar-refractivity contribution in [2.75, 3.05) is 11.5 Å². The normalized spacial score (nSPS) is 31.5. The first-order chi connectivity index (χ1) is 13.3. The molecule has 0 bridgehead atoms. The summed E-state index contributed by atoms with van der Waals surface area (Å²) in [6.07, 6.45) is -0.0978. The zero-order valence-corrected chi connectivity index (χ0v) is 15.5. The van der Waals surface area contributed by atoms with Crippen LogP contribution in [0.2, 0.25) is 0 Å². The number of amides is 2. The fraction of sp³-hybridized carbons (Fsp3) is 0.429. The van der Waals surface area contributed by atoms with Gasteiger partial charge in [0.05, 0.1) is 6.42 Å². The fourth-order valence-corrected chi connectivity index (χ4v) is 5.64. The number of nitrogens with zero attached hydrogens (tertiary/aromatic N) is 3. The van der Waals surface area contributed by atoms with Crippen molar-refractivity contribution in [3.8, 4) is 0 Å². The van der Waals surface area contributed by atoms with Gasteiger partial charge in [0.1, 0.15) is 17.1 Å². The second-order valence-corrected chi connectivity index (χ2v) is 8.32. The highest BCUT2D eigenvalue weighted by atomic mass is 32.2. The highest BCUT2D eigenvalue weighted by Crippen LogP contribution is 2.51. The second-order valence-electron chi connectivity index (χ2n) is 6.28. The number of aromatic nitrogens is 1. The van der Waals surface area contributed by atoms with Crippen molar-refractivity contribution in [3.63, 3.8) is 0 Å². The highest BCUT2D eigenvalue weighted by Gasteiger charge is 2.71. The summed E-state index contributed by atoms with van der Waals surface area (Å²) >= 11 is 2.28. The van der Waals surface area contributed by atoms with Gasteiger partial charge in [-0.15, -0.1) is 23.1 Å². The summed E-state index contributed by atoms with van der Waals surface area (Å²) in [5, 5.41) is 25.0. The Hall–Kier alpha value is -2.87. The Morgan fingerprint density at radius 1 is 1.46 bits per heavy atom. The number of carboxylic acids is 1. The van der Waals surface area contributed by atoms with E-state index in [0.717, 1.165) is 16.2 Å². The summed E-state index contributed by atoms with van der Waals surface area (Å²) in [5.41, 5.74) is 3.05. The standard InChI is InChI=1S/C14H13N5O7S2/c15-13-16-5(3-28-13)7(18-25)9(21)17-8-10(22)19-11(8)27-2-4-1-6(20)26-14(4,19)12(23)24/h3-4,8,11,25H,1-2H2,(H2,15,16)(H,17,21)(H,23,24)/b18-7-/t4-,8+,11+,14+/m0/s1. The first-order valence-corrected chi connectivity index (χ1v) is 9.86. The lowest BCUT2D eigenvalue weighted by Crippen LogP contribution is -2.80. The molecule has 3 fully saturated rings. The number of carbonyl (C=O) groups excluding carboxylic acids is 3. The Kier molecular flexibility index (Phi) is 4.19. The predicted molar refractivity (Wildman–Crippen MR) is 94.4 cm³/mol. The number of thioether (sulfide) groups is 1. The maximum atomic E-state index is 12.6. The van der Waals surface area contributed by atoms with Crippen LogP contribution in [0.1, 0.15) is 12.1 Å². The van der Waals surface area contributed by atoms with Gasteiger partial charge in [0, 0.05) is 17.1 Å².